The quantitative estimate of drug-likeness (QED) is 0.558. The van der Waals surface area contributed by atoms with Gasteiger partial charge >= 0.3 is 0 Å². The molecule has 0 saturated heterocycles. The Morgan fingerprint density at radius 3 is 2.44 bits per heavy atom. The van der Waals surface area contributed by atoms with Crippen molar-refractivity contribution in [2.24, 2.45) is 5.73 Å². The summed E-state index contributed by atoms with van der Waals surface area (Å²) >= 11 is 0. The van der Waals surface area contributed by atoms with E-state index in [1.165, 1.54) is 0 Å². The van der Waals surface area contributed by atoms with Gasteiger partial charge in [-0.3, -0.25) is 4.79 Å². The maximum atomic E-state index is 11.3. The van der Waals surface area contributed by atoms with Gasteiger partial charge in [-0.05, 0) is 32.7 Å². The molecule has 1 amide bonds. The van der Waals surface area contributed by atoms with Gasteiger partial charge in [0.2, 0.25) is 5.91 Å². The Bertz CT molecular complexity index is 197. The lowest BCUT2D eigenvalue weighted by Crippen LogP contribution is -2.53. The van der Waals surface area contributed by atoms with Crippen LogP contribution in [0.2, 0.25) is 0 Å². The van der Waals surface area contributed by atoms with Crippen molar-refractivity contribution in [2.75, 3.05) is 19.8 Å². The molecule has 0 aromatic heterocycles. The fourth-order valence-corrected chi connectivity index (χ4v) is 1.57. The maximum absolute atomic E-state index is 11.3. The molecule has 0 aromatic rings. The van der Waals surface area contributed by atoms with Crippen molar-refractivity contribution in [3.63, 3.8) is 0 Å². The number of hydrogen-bond acceptors (Lipinski definition) is 3. The van der Waals surface area contributed by atoms with Crippen LogP contribution < -0.4 is 11.1 Å². The molecular formula is C12H26N2O2. The van der Waals surface area contributed by atoms with Crippen molar-refractivity contribution in [2.45, 2.75) is 52.0 Å². The lowest BCUT2D eigenvalue weighted by atomic mass is 9.95. The second-order valence-electron chi connectivity index (χ2n) is 4.30. The molecule has 3 N–H and O–H groups in total. The van der Waals surface area contributed by atoms with E-state index in [0.29, 0.717) is 6.61 Å². The predicted molar refractivity (Wildman–Crippen MR) is 66.2 cm³/mol. The molecule has 0 bridgehead atoms. The Hall–Kier alpha value is -0.610. The zero-order chi connectivity index (χ0) is 12.4. The van der Waals surface area contributed by atoms with Gasteiger partial charge in [0, 0.05) is 13.2 Å². The summed E-state index contributed by atoms with van der Waals surface area (Å²) in [6.45, 7) is 8.22. The highest BCUT2D eigenvalue weighted by Gasteiger charge is 2.28. The molecule has 16 heavy (non-hydrogen) atoms. The molecule has 0 spiro atoms. The number of ether oxygens (including phenoxy) is 1. The van der Waals surface area contributed by atoms with E-state index >= 15 is 0 Å². The first-order valence-electron chi connectivity index (χ1n) is 6.19. The normalized spacial score (nSPS) is 14.7. The monoisotopic (exact) mass is 230 g/mol. The number of primary amides is 1. The van der Waals surface area contributed by atoms with Crippen LogP contribution >= 0.6 is 0 Å². The van der Waals surface area contributed by atoms with Crippen molar-refractivity contribution < 1.29 is 9.53 Å². The van der Waals surface area contributed by atoms with Crippen molar-refractivity contribution in [3.8, 4) is 0 Å². The standard InChI is InChI=1S/C12H26N2O2/c1-4-6-9-16-10-7-8-12(3,11(13)15)14-5-2/h14H,4-10H2,1-3H3,(H2,13,15). The zero-order valence-electron chi connectivity index (χ0n) is 10.8. The van der Waals surface area contributed by atoms with Crippen molar-refractivity contribution in [1.82, 2.24) is 5.32 Å². The zero-order valence-corrected chi connectivity index (χ0v) is 10.8. The molecular weight excluding hydrogens is 204 g/mol. The summed E-state index contributed by atoms with van der Waals surface area (Å²) in [6, 6.07) is 0. The molecule has 0 aromatic carbocycles. The van der Waals surface area contributed by atoms with Crippen LogP contribution in [0.1, 0.15) is 46.5 Å². The second-order valence-corrected chi connectivity index (χ2v) is 4.30. The molecule has 0 aliphatic carbocycles. The Labute approximate surface area is 98.9 Å². The molecule has 1 unspecified atom stereocenters. The Kier molecular flexibility index (Phi) is 8.21. The number of nitrogens with one attached hydrogen (secondary N) is 1. The molecule has 4 heteroatoms. The molecule has 96 valence electrons. The van der Waals surface area contributed by atoms with Gasteiger partial charge in [-0.1, -0.05) is 20.3 Å². The summed E-state index contributed by atoms with van der Waals surface area (Å²) in [5.41, 5.74) is 4.78. The van der Waals surface area contributed by atoms with Gasteiger partial charge < -0.3 is 15.8 Å². The second kappa shape index (κ2) is 8.53. The SMILES string of the molecule is CCCCOCCCC(C)(NCC)C(N)=O. The van der Waals surface area contributed by atoms with E-state index in [0.717, 1.165) is 38.8 Å². The van der Waals surface area contributed by atoms with Gasteiger partial charge in [0.1, 0.15) is 0 Å². The van der Waals surface area contributed by atoms with Gasteiger partial charge in [0.05, 0.1) is 5.54 Å². The van der Waals surface area contributed by atoms with E-state index in [-0.39, 0.29) is 5.91 Å². The highest BCUT2D eigenvalue weighted by atomic mass is 16.5. The molecule has 0 radical (unpaired) electrons. The number of nitrogens with two attached hydrogens (primary N) is 1. The minimum atomic E-state index is -0.594. The molecule has 0 aliphatic rings. The van der Waals surface area contributed by atoms with Crippen LogP contribution in [0.5, 0.6) is 0 Å². The summed E-state index contributed by atoms with van der Waals surface area (Å²) < 4.78 is 5.45. The molecule has 4 nitrogen and oxygen atoms in total. The number of carbonyl (C=O) groups excluding carboxylic acids is 1. The fourth-order valence-electron chi connectivity index (χ4n) is 1.57. The van der Waals surface area contributed by atoms with E-state index in [1.807, 2.05) is 13.8 Å². The summed E-state index contributed by atoms with van der Waals surface area (Å²) in [5, 5.41) is 3.13. The number of hydrogen-bond donors (Lipinski definition) is 2. The van der Waals surface area contributed by atoms with Crippen LogP contribution in [-0.2, 0) is 9.53 Å². The first-order chi connectivity index (χ1) is 7.56. The molecule has 0 saturated carbocycles. The number of amides is 1. The van der Waals surface area contributed by atoms with Crippen molar-refractivity contribution in [1.29, 1.82) is 0 Å². The lowest BCUT2D eigenvalue weighted by molar-refractivity contribution is -0.124. The number of likely N-dealkylation sites (N-methyl/N-ethyl adjacent to an activating group) is 1. The van der Waals surface area contributed by atoms with Crippen LogP contribution in [0.15, 0.2) is 0 Å². The highest BCUT2D eigenvalue weighted by Crippen LogP contribution is 2.11. The molecule has 0 aliphatic heterocycles. The van der Waals surface area contributed by atoms with Crippen LogP contribution in [0.25, 0.3) is 0 Å². The van der Waals surface area contributed by atoms with Gasteiger partial charge in [0.15, 0.2) is 0 Å². The van der Waals surface area contributed by atoms with E-state index in [4.69, 9.17) is 10.5 Å². The van der Waals surface area contributed by atoms with Crippen molar-refractivity contribution in [3.05, 3.63) is 0 Å². The van der Waals surface area contributed by atoms with Gasteiger partial charge in [-0.2, -0.15) is 0 Å². The Morgan fingerprint density at radius 2 is 1.94 bits per heavy atom. The topological polar surface area (TPSA) is 64.3 Å². The summed E-state index contributed by atoms with van der Waals surface area (Å²) in [5.74, 6) is -0.289. The first kappa shape index (κ1) is 15.4. The molecule has 0 fully saturated rings. The first-order valence-corrected chi connectivity index (χ1v) is 6.19. The third-order valence-corrected chi connectivity index (χ3v) is 2.72. The fraction of sp³-hybridized carbons (Fsp3) is 0.917. The van der Waals surface area contributed by atoms with Crippen LogP contribution in [0.4, 0.5) is 0 Å². The molecule has 0 heterocycles. The Morgan fingerprint density at radius 1 is 1.31 bits per heavy atom. The summed E-state index contributed by atoms with van der Waals surface area (Å²) in [7, 11) is 0. The third-order valence-electron chi connectivity index (χ3n) is 2.72. The van der Waals surface area contributed by atoms with Gasteiger partial charge in [-0.15, -0.1) is 0 Å². The minimum absolute atomic E-state index is 0.289. The van der Waals surface area contributed by atoms with Crippen LogP contribution in [-0.4, -0.2) is 31.2 Å². The van der Waals surface area contributed by atoms with E-state index in [9.17, 15) is 4.79 Å². The molecule has 0 rings (SSSR count). The van der Waals surface area contributed by atoms with Crippen LogP contribution in [0, 0.1) is 0 Å². The average molecular weight is 230 g/mol. The Balaban J connectivity index is 3.73. The van der Waals surface area contributed by atoms with Gasteiger partial charge in [0.25, 0.3) is 0 Å². The minimum Gasteiger partial charge on any atom is -0.381 e. The summed E-state index contributed by atoms with van der Waals surface area (Å²) in [6.07, 6.45) is 3.83. The maximum Gasteiger partial charge on any atom is 0.237 e. The molecule has 1 atom stereocenters. The van der Waals surface area contributed by atoms with Crippen molar-refractivity contribution >= 4 is 5.91 Å². The predicted octanol–water partition coefficient (Wildman–Crippen LogP) is 1.44. The van der Waals surface area contributed by atoms with E-state index < -0.39 is 5.54 Å². The van der Waals surface area contributed by atoms with Crippen LogP contribution in [0.3, 0.4) is 0 Å². The third kappa shape index (κ3) is 6.08. The van der Waals surface area contributed by atoms with E-state index in [1.54, 1.807) is 0 Å². The highest BCUT2D eigenvalue weighted by molar-refractivity contribution is 5.84. The largest absolute Gasteiger partial charge is 0.381 e. The van der Waals surface area contributed by atoms with E-state index in [2.05, 4.69) is 12.2 Å². The number of carbonyl (C=O) groups is 1. The number of rotatable bonds is 10. The number of unbranched alkanes of at least 4 members (excludes halogenated alkanes) is 1. The average Bonchev–Trinajstić information content (AvgIpc) is 2.23. The van der Waals surface area contributed by atoms with Gasteiger partial charge in [-0.25, -0.2) is 0 Å². The lowest BCUT2D eigenvalue weighted by Gasteiger charge is -2.26. The smallest absolute Gasteiger partial charge is 0.237 e. The summed E-state index contributed by atoms with van der Waals surface area (Å²) in [4.78, 5) is 11.3.